The van der Waals surface area contributed by atoms with Crippen molar-refractivity contribution in [1.29, 1.82) is 0 Å². The van der Waals surface area contributed by atoms with Crippen molar-refractivity contribution in [3.63, 3.8) is 0 Å². The van der Waals surface area contributed by atoms with Crippen LogP contribution in [0.4, 0.5) is 4.39 Å². The molecule has 1 atom stereocenters. The second-order valence-corrected chi connectivity index (χ2v) is 6.35. The van der Waals surface area contributed by atoms with Crippen molar-refractivity contribution in [2.45, 2.75) is 45.6 Å². The molecule has 0 aliphatic heterocycles. The Labute approximate surface area is 151 Å². The molecule has 1 aromatic heterocycles. The van der Waals surface area contributed by atoms with Crippen LogP contribution in [0.2, 0.25) is 0 Å². The Morgan fingerprint density at radius 2 is 2.04 bits per heavy atom. The quantitative estimate of drug-likeness (QED) is 0.805. The van der Waals surface area contributed by atoms with Gasteiger partial charge in [-0.1, -0.05) is 6.92 Å². The molecular weight excluding hydrogens is 337 g/mol. The molecule has 0 spiro atoms. The van der Waals surface area contributed by atoms with E-state index in [0.717, 1.165) is 36.9 Å². The van der Waals surface area contributed by atoms with Crippen molar-refractivity contribution in [3.05, 3.63) is 47.0 Å². The minimum atomic E-state index is -0.887. The number of halogens is 1. The van der Waals surface area contributed by atoms with Gasteiger partial charge in [0, 0.05) is 17.8 Å². The molecule has 6 nitrogen and oxygen atoms in total. The predicted molar refractivity (Wildman–Crippen MR) is 93.7 cm³/mol. The Hall–Kier alpha value is -2.70. The average Bonchev–Trinajstić information content (AvgIpc) is 3.22. The molecule has 0 saturated carbocycles. The Morgan fingerprint density at radius 3 is 2.73 bits per heavy atom. The number of carbonyl (C=O) groups excluding carboxylic acids is 2. The number of benzene rings is 1. The van der Waals surface area contributed by atoms with Crippen LogP contribution in [0.5, 0.6) is 0 Å². The van der Waals surface area contributed by atoms with Crippen molar-refractivity contribution < 1.29 is 18.7 Å². The fraction of sp³-hybridized carbons (Fsp3) is 0.421. The highest BCUT2D eigenvalue weighted by Gasteiger charge is 2.29. The van der Waals surface area contributed by atoms with E-state index in [1.165, 1.54) is 12.1 Å². The summed E-state index contributed by atoms with van der Waals surface area (Å²) in [6.45, 7) is 4.03. The normalized spacial score (nSPS) is 14.0. The van der Waals surface area contributed by atoms with Crippen molar-refractivity contribution >= 4 is 11.9 Å². The lowest BCUT2D eigenvalue weighted by atomic mass is 10.2. The summed E-state index contributed by atoms with van der Waals surface area (Å²) in [7, 11) is 0. The van der Waals surface area contributed by atoms with Gasteiger partial charge >= 0.3 is 5.97 Å². The molecule has 1 aliphatic carbocycles. The number of carbonyl (C=O) groups is 2. The summed E-state index contributed by atoms with van der Waals surface area (Å²) in [5.41, 5.74) is 2.71. The largest absolute Gasteiger partial charge is 0.448 e. The fourth-order valence-electron chi connectivity index (χ4n) is 3.06. The molecule has 1 N–H and O–H groups in total. The van der Waals surface area contributed by atoms with E-state index in [4.69, 9.17) is 4.74 Å². The van der Waals surface area contributed by atoms with E-state index in [1.54, 1.807) is 23.7 Å². The summed E-state index contributed by atoms with van der Waals surface area (Å²) in [5.74, 6) is -1.26. The Kier molecular flexibility index (Phi) is 5.35. The van der Waals surface area contributed by atoms with Gasteiger partial charge in [-0.15, -0.1) is 0 Å². The van der Waals surface area contributed by atoms with E-state index in [0.29, 0.717) is 12.2 Å². The van der Waals surface area contributed by atoms with E-state index in [9.17, 15) is 14.0 Å². The number of amides is 1. The molecule has 1 unspecified atom stereocenters. The maximum Gasteiger partial charge on any atom is 0.359 e. The zero-order valence-corrected chi connectivity index (χ0v) is 14.9. The van der Waals surface area contributed by atoms with Crippen LogP contribution in [0.15, 0.2) is 24.3 Å². The molecule has 7 heteroatoms. The first-order valence-electron chi connectivity index (χ1n) is 8.86. The summed E-state index contributed by atoms with van der Waals surface area (Å²) in [6, 6.07) is 5.96. The lowest BCUT2D eigenvalue weighted by molar-refractivity contribution is -0.129. The second kappa shape index (κ2) is 7.68. The average molecular weight is 359 g/mol. The van der Waals surface area contributed by atoms with E-state index in [2.05, 4.69) is 10.4 Å². The first-order valence-corrected chi connectivity index (χ1v) is 8.86. The zero-order chi connectivity index (χ0) is 18.7. The van der Waals surface area contributed by atoms with Gasteiger partial charge < -0.3 is 10.1 Å². The highest BCUT2D eigenvalue weighted by Crippen LogP contribution is 2.28. The second-order valence-electron chi connectivity index (χ2n) is 6.35. The SMILES string of the molecule is CCCNC(=O)C(C)OC(=O)c1nn(-c2ccc(F)cc2)c2c1CCC2. The minimum Gasteiger partial charge on any atom is -0.448 e. The van der Waals surface area contributed by atoms with E-state index in [-0.39, 0.29) is 17.4 Å². The van der Waals surface area contributed by atoms with E-state index in [1.807, 2.05) is 6.92 Å². The number of ether oxygens (including phenoxy) is 1. The smallest absolute Gasteiger partial charge is 0.359 e. The van der Waals surface area contributed by atoms with Gasteiger partial charge in [-0.25, -0.2) is 13.9 Å². The van der Waals surface area contributed by atoms with Gasteiger partial charge in [0.15, 0.2) is 11.8 Å². The molecular formula is C19H22FN3O3. The number of fused-ring (bicyclic) bond motifs is 1. The van der Waals surface area contributed by atoms with Crippen LogP contribution in [0.3, 0.4) is 0 Å². The molecule has 1 amide bonds. The van der Waals surface area contributed by atoms with E-state index >= 15 is 0 Å². The number of rotatable bonds is 6. The number of hydrogen-bond donors (Lipinski definition) is 1. The number of nitrogens with one attached hydrogen (secondary N) is 1. The lowest BCUT2D eigenvalue weighted by Crippen LogP contribution is -2.36. The van der Waals surface area contributed by atoms with Crippen LogP contribution in [0.1, 0.15) is 48.4 Å². The lowest BCUT2D eigenvalue weighted by Gasteiger charge is -2.12. The third kappa shape index (κ3) is 3.61. The van der Waals surface area contributed by atoms with E-state index < -0.39 is 12.1 Å². The molecule has 0 bridgehead atoms. The van der Waals surface area contributed by atoms with Gasteiger partial charge in [-0.05, 0) is 56.9 Å². The predicted octanol–water partition coefficient (Wildman–Crippen LogP) is 2.57. The first kappa shape index (κ1) is 18.1. The van der Waals surface area contributed by atoms with Crippen molar-refractivity contribution in [3.8, 4) is 5.69 Å². The Bertz CT molecular complexity index is 814. The maximum atomic E-state index is 13.2. The van der Waals surface area contributed by atoms with Crippen LogP contribution < -0.4 is 5.32 Å². The van der Waals surface area contributed by atoms with Crippen LogP contribution >= 0.6 is 0 Å². The van der Waals surface area contributed by atoms with Crippen molar-refractivity contribution in [1.82, 2.24) is 15.1 Å². The maximum absolute atomic E-state index is 13.2. The molecule has 0 saturated heterocycles. The third-order valence-corrected chi connectivity index (χ3v) is 4.40. The van der Waals surface area contributed by atoms with Gasteiger partial charge in [0.2, 0.25) is 0 Å². The third-order valence-electron chi connectivity index (χ3n) is 4.40. The molecule has 26 heavy (non-hydrogen) atoms. The number of hydrogen-bond acceptors (Lipinski definition) is 4. The first-order chi connectivity index (χ1) is 12.5. The number of nitrogens with zero attached hydrogens (tertiary/aromatic N) is 2. The van der Waals surface area contributed by atoms with Gasteiger partial charge in [-0.2, -0.15) is 5.10 Å². The molecule has 0 fully saturated rings. The van der Waals surface area contributed by atoms with Gasteiger partial charge in [0.05, 0.1) is 5.69 Å². The monoisotopic (exact) mass is 359 g/mol. The molecule has 0 radical (unpaired) electrons. The molecule has 3 rings (SSSR count). The standard InChI is InChI=1S/C19H22FN3O3/c1-3-11-21-18(24)12(2)26-19(25)17-15-5-4-6-16(15)23(22-17)14-9-7-13(20)8-10-14/h7-10,12H,3-6,11H2,1-2H3,(H,21,24). The zero-order valence-electron chi connectivity index (χ0n) is 14.9. The summed E-state index contributed by atoms with van der Waals surface area (Å²) < 4.78 is 20.1. The number of aromatic nitrogens is 2. The highest BCUT2D eigenvalue weighted by atomic mass is 19.1. The summed E-state index contributed by atoms with van der Waals surface area (Å²) >= 11 is 0. The Morgan fingerprint density at radius 1 is 1.31 bits per heavy atom. The van der Waals surface area contributed by atoms with Gasteiger partial charge in [0.1, 0.15) is 5.82 Å². The van der Waals surface area contributed by atoms with Crippen LogP contribution in [-0.4, -0.2) is 34.3 Å². The summed E-state index contributed by atoms with van der Waals surface area (Å²) in [5, 5.41) is 7.09. The molecule has 1 heterocycles. The van der Waals surface area contributed by atoms with Crippen LogP contribution in [-0.2, 0) is 22.4 Å². The van der Waals surface area contributed by atoms with Gasteiger partial charge in [0.25, 0.3) is 5.91 Å². The fourth-order valence-corrected chi connectivity index (χ4v) is 3.06. The summed E-state index contributed by atoms with van der Waals surface area (Å²) in [4.78, 5) is 24.5. The minimum absolute atomic E-state index is 0.233. The molecule has 138 valence electrons. The molecule has 1 aromatic carbocycles. The van der Waals surface area contributed by atoms with Crippen molar-refractivity contribution in [2.75, 3.05) is 6.54 Å². The number of esters is 1. The van der Waals surface area contributed by atoms with Crippen molar-refractivity contribution in [2.24, 2.45) is 0 Å². The topological polar surface area (TPSA) is 73.2 Å². The molecule has 2 aromatic rings. The van der Waals surface area contributed by atoms with Crippen LogP contribution in [0, 0.1) is 5.82 Å². The van der Waals surface area contributed by atoms with Crippen LogP contribution in [0.25, 0.3) is 5.69 Å². The summed E-state index contributed by atoms with van der Waals surface area (Å²) in [6.07, 6.45) is 2.36. The molecule has 1 aliphatic rings. The highest BCUT2D eigenvalue weighted by molar-refractivity contribution is 5.92. The van der Waals surface area contributed by atoms with Gasteiger partial charge in [-0.3, -0.25) is 4.79 Å². The Balaban J connectivity index is 1.82.